The van der Waals surface area contributed by atoms with Gasteiger partial charge < -0.3 is 10.4 Å². The first kappa shape index (κ1) is 15.8. The monoisotopic (exact) mass is 327 g/mol. The summed E-state index contributed by atoms with van der Waals surface area (Å²) in [5.74, 6) is -0.899. The number of hydrogen-bond acceptors (Lipinski definition) is 2. The fourth-order valence-electron chi connectivity index (χ4n) is 1.80. The van der Waals surface area contributed by atoms with E-state index in [1.165, 1.54) is 24.3 Å². The van der Waals surface area contributed by atoms with Gasteiger partial charge in [-0.1, -0.05) is 35.3 Å². The van der Waals surface area contributed by atoms with Crippen LogP contribution in [0.25, 0.3) is 0 Å². The van der Waals surface area contributed by atoms with E-state index in [0.29, 0.717) is 21.3 Å². The van der Waals surface area contributed by atoms with E-state index in [2.05, 4.69) is 5.32 Å². The number of benzene rings is 2. The van der Waals surface area contributed by atoms with Crippen LogP contribution in [0.15, 0.2) is 42.5 Å². The van der Waals surface area contributed by atoms with E-state index >= 15 is 0 Å². The number of hydrogen-bond donors (Lipinski definition) is 2. The maximum atomic E-state index is 13.1. The molecule has 0 bridgehead atoms. The van der Waals surface area contributed by atoms with Crippen LogP contribution in [-0.2, 0) is 4.79 Å². The maximum Gasteiger partial charge on any atom is 0.227 e. The van der Waals surface area contributed by atoms with Crippen molar-refractivity contribution in [3.63, 3.8) is 0 Å². The minimum Gasteiger partial charge on any atom is -0.388 e. The summed E-state index contributed by atoms with van der Waals surface area (Å²) in [6.45, 7) is 0. The first-order valence-electron chi connectivity index (χ1n) is 6.14. The Kier molecular flexibility index (Phi) is 5.17. The Bertz CT molecular complexity index is 664. The second kappa shape index (κ2) is 6.89. The zero-order valence-electron chi connectivity index (χ0n) is 10.8. The van der Waals surface area contributed by atoms with Gasteiger partial charge in [-0.3, -0.25) is 4.79 Å². The van der Waals surface area contributed by atoms with E-state index < -0.39 is 17.8 Å². The lowest BCUT2D eigenvalue weighted by Gasteiger charge is -2.12. The van der Waals surface area contributed by atoms with E-state index in [1.807, 2.05) is 0 Å². The molecule has 0 spiro atoms. The predicted octanol–water partition coefficient (Wildman–Crippen LogP) is 4.19. The first-order valence-corrected chi connectivity index (χ1v) is 6.90. The normalized spacial score (nSPS) is 12.0. The molecule has 6 heteroatoms. The predicted molar refractivity (Wildman–Crippen MR) is 81.1 cm³/mol. The van der Waals surface area contributed by atoms with E-state index in [4.69, 9.17) is 23.2 Å². The van der Waals surface area contributed by atoms with Gasteiger partial charge in [0.2, 0.25) is 5.91 Å². The van der Waals surface area contributed by atoms with E-state index in [0.717, 1.165) is 0 Å². The minimum absolute atomic E-state index is 0.206. The van der Waals surface area contributed by atoms with Crippen molar-refractivity contribution in [2.24, 2.45) is 0 Å². The van der Waals surface area contributed by atoms with Gasteiger partial charge in [0.25, 0.3) is 0 Å². The van der Waals surface area contributed by atoms with Crippen LogP contribution in [-0.4, -0.2) is 11.0 Å². The number of carbonyl (C=O) groups is 1. The molecule has 21 heavy (non-hydrogen) atoms. The summed E-state index contributed by atoms with van der Waals surface area (Å²) < 4.78 is 13.1. The van der Waals surface area contributed by atoms with Crippen molar-refractivity contribution < 1.29 is 14.3 Å². The highest BCUT2D eigenvalue weighted by atomic mass is 35.5. The lowest BCUT2D eigenvalue weighted by molar-refractivity contribution is -0.118. The Balaban J connectivity index is 2.01. The Labute approximate surface area is 131 Å². The standard InChI is InChI=1S/C15H12Cl2FNO2/c16-10-4-5-13(12(17)7-10)19-15(21)8-14(20)9-2-1-3-11(18)6-9/h1-7,14,20H,8H2,(H,19,21). The summed E-state index contributed by atoms with van der Waals surface area (Å²) in [5, 5.41) is 13.3. The summed E-state index contributed by atoms with van der Waals surface area (Å²) in [4.78, 5) is 11.9. The zero-order chi connectivity index (χ0) is 15.4. The van der Waals surface area contributed by atoms with Gasteiger partial charge in [0.1, 0.15) is 5.82 Å². The van der Waals surface area contributed by atoms with Crippen molar-refractivity contribution in [3.05, 3.63) is 63.9 Å². The topological polar surface area (TPSA) is 49.3 Å². The van der Waals surface area contributed by atoms with Gasteiger partial charge in [0, 0.05) is 5.02 Å². The van der Waals surface area contributed by atoms with Crippen LogP contribution in [0.4, 0.5) is 10.1 Å². The molecule has 0 radical (unpaired) electrons. The summed E-state index contributed by atoms with van der Waals surface area (Å²) >= 11 is 11.7. The molecule has 0 aliphatic carbocycles. The van der Waals surface area contributed by atoms with Crippen LogP contribution in [0.1, 0.15) is 18.1 Å². The largest absolute Gasteiger partial charge is 0.388 e. The average molecular weight is 328 g/mol. The molecule has 110 valence electrons. The molecular weight excluding hydrogens is 316 g/mol. The number of anilines is 1. The lowest BCUT2D eigenvalue weighted by Crippen LogP contribution is -2.15. The molecule has 1 unspecified atom stereocenters. The SMILES string of the molecule is O=C(CC(O)c1cccc(F)c1)Nc1ccc(Cl)cc1Cl. The highest BCUT2D eigenvalue weighted by Crippen LogP contribution is 2.26. The molecule has 1 atom stereocenters. The molecule has 0 aliphatic heterocycles. The number of carbonyl (C=O) groups excluding carboxylic acids is 1. The van der Waals surface area contributed by atoms with Crippen LogP contribution < -0.4 is 5.32 Å². The first-order chi connectivity index (χ1) is 9.95. The average Bonchev–Trinajstić information content (AvgIpc) is 2.42. The Morgan fingerprint density at radius 1 is 1.24 bits per heavy atom. The number of nitrogens with one attached hydrogen (secondary N) is 1. The highest BCUT2D eigenvalue weighted by Gasteiger charge is 2.14. The molecule has 0 heterocycles. The van der Waals surface area contributed by atoms with Gasteiger partial charge in [-0.05, 0) is 35.9 Å². The molecule has 2 aromatic carbocycles. The number of halogens is 3. The fraction of sp³-hybridized carbons (Fsp3) is 0.133. The zero-order valence-corrected chi connectivity index (χ0v) is 12.3. The smallest absolute Gasteiger partial charge is 0.227 e. The third kappa shape index (κ3) is 4.43. The van der Waals surface area contributed by atoms with Gasteiger partial charge in [0.05, 0.1) is 23.2 Å². The maximum absolute atomic E-state index is 13.1. The van der Waals surface area contributed by atoms with Crippen molar-refractivity contribution in [1.29, 1.82) is 0 Å². The lowest BCUT2D eigenvalue weighted by atomic mass is 10.1. The summed E-state index contributed by atoms with van der Waals surface area (Å²) in [6, 6.07) is 10.1. The Hall–Kier alpha value is -1.62. The quantitative estimate of drug-likeness (QED) is 0.884. The Morgan fingerprint density at radius 2 is 2.00 bits per heavy atom. The van der Waals surface area contributed by atoms with Crippen LogP contribution in [0.3, 0.4) is 0 Å². The van der Waals surface area contributed by atoms with Crippen molar-refractivity contribution >= 4 is 34.8 Å². The molecule has 0 aliphatic rings. The van der Waals surface area contributed by atoms with Crippen molar-refractivity contribution in [1.82, 2.24) is 0 Å². The highest BCUT2D eigenvalue weighted by molar-refractivity contribution is 6.36. The van der Waals surface area contributed by atoms with Gasteiger partial charge in [0.15, 0.2) is 0 Å². The summed E-state index contributed by atoms with van der Waals surface area (Å²) in [5.41, 5.74) is 0.741. The second-order valence-electron chi connectivity index (χ2n) is 4.45. The number of aliphatic hydroxyl groups excluding tert-OH is 1. The molecule has 1 amide bonds. The van der Waals surface area contributed by atoms with Crippen molar-refractivity contribution in [2.45, 2.75) is 12.5 Å². The number of rotatable bonds is 4. The molecule has 2 rings (SSSR count). The Morgan fingerprint density at radius 3 is 2.67 bits per heavy atom. The van der Waals surface area contributed by atoms with Crippen LogP contribution >= 0.6 is 23.2 Å². The molecule has 0 aromatic heterocycles. The molecule has 0 saturated carbocycles. The van der Waals surface area contributed by atoms with Crippen molar-refractivity contribution in [3.8, 4) is 0 Å². The van der Waals surface area contributed by atoms with Crippen LogP contribution in [0.5, 0.6) is 0 Å². The third-order valence-electron chi connectivity index (χ3n) is 2.82. The molecular formula is C15H12Cl2FNO2. The minimum atomic E-state index is -1.09. The molecule has 2 N–H and O–H groups in total. The molecule has 0 fully saturated rings. The molecule has 0 saturated heterocycles. The van der Waals surface area contributed by atoms with Gasteiger partial charge in [-0.2, -0.15) is 0 Å². The van der Waals surface area contributed by atoms with E-state index in [-0.39, 0.29) is 6.42 Å². The number of amides is 1. The number of aliphatic hydroxyl groups is 1. The van der Waals surface area contributed by atoms with E-state index in [9.17, 15) is 14.3 Å². The third-order valence-corrected chi connectivity index (χ3v) is 3.37. The summed E-state index contributed by atoms with van der Waals surface area (Å²) in [7, 11) is 0. The summed E-state index contributed by atoms with van der Waals surface area (Å²) in [6.07, 6.45) is -1.30. The second-order valence-corrected chi connectivity index (χ2v) is 5.29. The van der Waals surface area contributed by atoms with Gasteiger partial charge in [-0.25, -0.2) is 4.39 Å². The van der Waals surface area contributed by atoms with Gasteiger partial charge >= 0.3 is 0 Å². The van der Waals surface area contributed by atoms with E-state index in [1.54, 1.807) is 18.2 Å². The fourth-order valence-corrected chi connectivity index (χ4v) is 2.26. The van der Waals surface area contributed by atoms with Crippen LogP contribution in [0.2, 0.25) is 10.0 Å². The molecule has 2 aromatic rings. The van der Waals surface area contributed by atoms with Gasteiger partial charge in [-0.15, -0.1) is 0 Å². The molecule has 3 nitrogen and oxygen atoms in total. The van der Waals surface area contributed by atoms with Crippen molar-refractivity contribution in [2.75, 3.05) is 5.32 Å². The van der Waals surface area contributed by atoms with Crippen LogP contribution in [0, 0.1) is 5.82 Å².